The van der Waals surface area contributed by atoms with Crippen molar-refractivity contribution in [2.24, 2.45) is 0 Å². The van der Waals surface area contributed by atoms with Crippen LogP contribution in [-0.4, -0.2) is 46.2 Å². The van der Waals surface area contributed by atoms with Gasteiger partial charge in [0.25, 0.3) is 0 Å². The van der Waals surface area contributed by atoms with Crippen LogP contribution in [0.25, 0.3) is 0 Å². The summed E-state index contributed by atoms with van der Waals surface area (Å²) in [5, 5.41) is 34.6. The highest BCUT2D eigenvalue weighted by atomic mass is 16.5. The molecule has 0 aliphatic heterocycles. The van der Waals surface area contributed by atoms with Crippen molar-refractivity contribution in [3.05, 3.63) is 11.5 Å². The first kappa shape index (κ1) is 10.7. The molecule has 0 amide bonds. The highest BCUT2D eigenvalue weighted by Gasteiger charge is 2.19. The van der Waals surface area contributed by atoms with Crippen LogP contribution in [0, 0.1) is 0 Å². The third kappa shape index (κ3) is 2.40. The Hall–Kier alpha value is -1.27. The van der Waals surface area contributed by atoms with Crippen LogP contribution in [-0.2, 0) is 9.53 Å². The van der Waals surface area contributed by atoms with Gasteiger partial charge in [-0.25, -0.2) is 4.79 Å². The van der Waals surface area contributed by atoms with Gasteiger partial charge >= 0.3 is 5.97 Å². The number of rotatable bonds is 3. The third-order valence-corrected chi connectivity index (χ3v) is 1.11. The van der Waals surface area contributed by atoms with Crippen molar-refractivity contribution >= 4 is 5.97 Å². The van der Waals surface area contributed by atoms with Gasteiger partial charge in [0.05, 0.1) is 13.7 Å². The molecule has 1 atom stereocenters. The van der Waals surface area contributed by atoms with E-state index in [1.807, 2.05) is 0 Å². The van der Waals surface area contributed by atoms with Crippen LogP contribution >= 0.6 is 0 Å². The lowest BCUT2D eigenvalue weighted by Crippen LogP contribution is -2.20. The summed E-state index contributed by atoms with van der Waals surface area (Å²) in [6, 6.07) is 0. The standard InChI is InChI=1S/C6H10O6/c1-12-6(11)5(10)4(9)3(8)2-7/h3,7-10H,2H2,1H3/b5-4+. The molecule has 12 heavy (non-hydrogen) atoms. The zero-order valence-corrected chi connectivity index (χ0v) is 6.39. The summed E-state index contributed by atoms with van der Waals surface area (Å²) >= 11 is 0. The smallest absolute Gasteiger partial charge is 0.376 e. The minimum absolute atomic E-state index is 0.799. The molecule has 0 aliphatic rings. The molecule has 0 spiro atoms. The number of ether oxygens (including phenoxy) is 1. The molecule has 0 bridgehead atoms. The molecule has 0 heterocycles. The first-order valence-electron chi connectivity index (χ1n) is 3.04. The number of aliphatic hydroxyl groups is 4. The average molecular weight is 178 g/mol. The molecular weight excluding hydrogens is 168 g/mol. The SMILES string of the molecule is COC(=O)/C(O)=C(\O)C(O)CO. The van der Waals surface area contributed by atoms with E-state index >= 15 is 0 Å². The van der Waals surface area contributed by atoms with E-state index in [9.17, 15) is 4.79 Å². The number of methoxy groups -OCH3 is 1. The Morgan fingerprint density at radius 3 is 2.33 bits per heavy atom. The third-order valence-electron chi connectivity index (χ3n) is 1.11. The fourth-order valence-corrected chi connectivity index (χ4v) is 0.446. The molecule has 1 unspecified atom stereocenters. The van der Waals surface area contributed by atoms with E-state index in [4.69, 9.17) is 20.4 Å². The molecule has 70 valence electrons. The van der Waals surface area contributed by atoms with Gasteiger partial charge in [-0.15, -0.1) is 0 Å². The van der Waals surface area contributed by atoms with Crippen molar-refractivity contribution in [3.8, 4) is 0 Å². The van der Waals surface area contributed by atoms with Crippen LogP contribution in [0.4, 0.5) is 0 Å². The summed E-state index contributed by atoms with van der Waals surface area (Å²) in [6.07, 6.45) is -1.68. The van der Waals surface area contributed by atoms with E-state index in [1.165, 1.54) is 0 Å². The maximum absolute atomic E-state index is 10.5. The Labute approximate surface area is 68.3 Å². The number of hydrogen-bond donors (Lipinski definition) is 4. The van der Waals surface area contributed by atoms with E-state index in [0.29, 0.717) is 0 Å². The zero-order valence-electron chi connectivity index (χ0n) is 6.39. The van der Waals surface area contributed by atoms with Crippen LogP contribution in [0.3, 0.4) is 0 Å². The first-order chi connectivity index (χ1) is 5.54. The molecule has 0 saturated carbocycles. The van der Waals surface area contributed by atoms with Crippen molar-refractivity contribution in [1.82, 2.24) is 0 Å². The lowest BCUT2D eigenvalue weighted by atomic mass is 10.2. The first-order valence-corrected chi connectivity index (χ1v) is 3.04. The van der Waals surface area contributed by atoms with Crippen molar-refractivity contribution in [2.45, 2.75) is 6.10 Å². The van der Waals surface area contributed by atoms with Gasteiger partial charge in [0.2, 0.25) is 5.76 Å². The highest BCUT2D eigenvalue weighted by molar-refractivity contribution is 5.86. The second-order valence-electron chi connectivity index (χ2n) is 1.92. The Balaban J connectivity index is 4.56. The zero-order chi connectivity index (χ0) is 9.72. The Bertz CT molecular complexity index is 196. The minimum atomic E-state index is -1.68. The minimum Gasteiger partial charge on any atom is -0.506 e. The van der Waals surface area contributed by atoms with Crippen molar-refractivity contribution in [1.29, 1.82) is 0 Å². The largest absolute Gasteiger partial charge is 0.506 e. The van der Waals surface area contributed by atoms with E-state index in [2.05, 4.69) is 4.74 Å². The lowest BCUT2D eigenvalue weighted by Gasteiger charge is -2.06. The van der Waals surface area contributed by atoms with Crippen molar-refractivity contribution in [2.75, 3.05) is 13.7 Å². The van der Waals surface area contributed by atoms with Crippen LogP contribution in [0.15, 0.2) is 11.5 Å². The van der Waals surface area contributed by atoms with Gasteiger partial charge in [-0.05, 0) is 0 Å². The van der Waals surface area contributed by atoms with Crippen LogP contribution in [0.5, 0.6) is 0 Å². The van der Waals surface area contributed by atoms with Gasteiger partial charge < -0.3 is 25.2 Å². The van der Waals surface area contributed by atoms with Gasteiger partial charge in [-0.3, -0.25) is 0 Å². The summed E-state index contributed by atoms with van der Waals surface area (Å²) in [4.78, 5) is 10.5. The number of hydrogen-bond acceptors (Lipinski definition) is 6. The Morgan fingerprint density at radius 1 is 1.50 bits per heavy atom. The summed E-state index contributed by atoms with van der Waals surface area (Å²) in [6.45, 7) is -0.799. The summed E-state index contributed by atoms with van der Waals surface area (Å²) in [5.41, 5.74) is 0. The van der Waals surface area contributed by atoms with E-state index in [-0.39, 0.29) is 0 Å². The van der Waals surface area contributed by atoms with Gasteiger partial charge in [-0.2, -0.15) is 0 Å². The molecule has 6 nitrogen and oxygen atoms in total. The molecule has 0 aromatic rings. The van der Waals surface area contributed by atoms with Gasteiger partial charge in [0.1, 0.15) is 6.10 Å². The number of esters is 1. The quantitative estimate of drug-likeness (QED) is 0.247. The van der Waals surface area contributed by atoms with Crippen molar-refractivity contribution < 1.29 is 30.0 Å². The van der Waals surface area contributed by atoms with Crippen LogP contribution in [0.1, 0.15) is 0 Å². The topological polar surface area (TPSA) is 107 Å². The molecule has 0 radical (unpaired) electrons. The second-order valence-corrected chi connectivity index (χ2v) is 1.92. The van der Waals surface area contributed by atoms with Crippen LogP contribution < -0.4 is 0 Å². The second kappa shape index (κ2) is 4.58. The molecule has 0 aromatic carbocycles. The number of carbonyl (C=O) groups is 1. The maximum Gasteiger partial charge on any atom is 0.376 e. The summed E-state index contributed by atoms with van der Waals surface area (Å²) in [5.74, 6) is -3.30. The Kier molecular flexibility index (Phi) is 4.09. The van der Waals surface area contributed by atoms with Gasteiger partial charge in [0.15, 0.2) is 5.76 Å². The molecule has 0 aromatic heterocycles. The number of aliphatic hydroxyl groups excluding tert-OH is 4. The van der Waals surface area contributed by atoms with Crippen molar-refractivity contribution in [3.63, 3.8) is 0 Å². The molecule has 6 heteroatoms. The highest BCUT2D eigenvalue weighted by Crippen LogP contribution is 2.04. The van der Waals surface area contributed by atoms with E-state index < -0.39 is 30.2 Å². The normalized spacial score (nSPS) is 14.9. The Morgan fingerprint density at radius 2 is 2.00 bits per heavy atom. The summed E-state index contributed by atoms with van der Waals surface area (Å²) in [7, 11) is 0.997. The molecular formula is C6H10O6. The molecule has 0 fully saturated rings. The molecule has 0 rings (SSSR count). The number of carbonyl (C=O) groups excluding carboxylic acids is 1. The van der Waals surface area contributed by atoms with Gasteiger partial charge in [-0.1, -0.05) is 0 Å². The summed E-state index contributed by atoms with van der Waals surface area (Å²) < 4.78 is 4.03. The average Bonchev–Trinajstić information content (AvgIpc) is 2.12. The molecule has 0 saturated heterocycles. The van der Waals surface area contributed by atoms with E-state index in [1.54, 1.807) is 0 Å². The molecule has 4 N–H and O–H groups in total. The predicted molar refractivity (Wildman–Crippen MR) is 37.4 cm³/mol. The van der Waals surface area contributed by atoms with Crippen LogP contribution in [0.2, 0.25) is 0 Å². The van der Waals surface area contributed by atoms with E-state index in [0.717, 1.165) is 7.11 Å². The monoisotopic (exact) mass is 178 g/mol. The van der Waals surface area contributed by atoms with Gasteiger partial charge in [0, 0.05) is 0 Å². The maximum atomic E-state index is 10.5. The fraction of sp³-hybridized carbons (Fsp3) is 0.500. The lowest BCUT2D eigenvalue weighted by molar-refractivity contribution is -0.139. The molecule has 0 aliphatic carbocycles. The fourth-order valence-electron chi connectivity index (χ4n) is 0.446. The predicted octanol–water partition coefficient (Wildman–Crippen LogP) is -1.16.